The SMILES string of the molecule is Cc1ccc(C2CC2)cc1-c1c(C)ncnc1N. The van der Waals surface area contributed by atoms with Crippen LogP contribution in [0.25, 0.3) is 11.1 Å². The number of aryl methyl sites for hydroxylation is 2. The number of rotatable bonds is 2. The first-order valence-corrected chi connectivity index (χ1v) is 6.35. The van der Waals surface area contributed by atoms with E-state index in [1.807, 2.05) is 6.92 Å². The van der Waals surface area contributed by atoms with Crippen LogP contribution >= 0.6 is 0 Å². The summed E-state index contributed by atoms with van der Waals surface area (Å²) in [4.78, 5) is 8.37. The molecule has 1 aromatic heterocycles. The van der Waals surface area contributed by atoms with E-state index in [4.69, 9.17) is 5.73 Å². The Bertz CT molecular complexity index is 580. The Kier molecular flexibility index (Phi) is 2.54. The lowest BCUT2D eigenvalue weighted by atomic mass is 9.96. The van der Waals surface area contributed by atoms with E-state index in [1.165, 1.54) is 35.9 Å². The summed E-state index contributed by atoms with van der Waals surface area (Å²) in [6.07, 6.45) is 4.14. The van der Waals surface area contributed by atoms with Crippen molar-refractivity contribution in [3.8, 4) is 11.1 Å². The van der Waals surface area contributed by atoms with Crippen molar-refractivity contribution in [3.05, 3.63) is 41.3 Å². The molecule has 0 atom stereocenters. The molecule has 0 bridgehead atoms. The van der Waals surface area contributed by atoms with Crippen molar-refractivity contribution in [2.45, 2.75) is 32.6 Å². The van der Waals surface area contributed by atoms with Crippen molar-refractivity contribution in [2.75, 3.05) is 5.73 Å². The van der Waals surface area contributed by atoms with Crippen molar-refractivity contribution in [1.29, 1.82) is 0 Å². The number of nitrogens with two attached hydrogens (primary N) is 1. The molecule has 0 spiro atoms. The number of hydrogen-bond donors (Lipinski definition) is 1. The van der Waals surface area contributed by atoms with E-state index in [-0.39, 0.29) is 0 Å². The molecule has 3 heteroatoms. The zero-order valence-electron chi connectivity index (χ0n) is 10.8. The van der Waals surface area contributed by atoms with Crippen LogP contribution in [0, 0.1) is 13.8 Å². The van der Waals surface area contributed by atoms with E-state index in [2.05, 4.69) is 35.1 Å². The van der Waals surface area contributed by atoms with E-state index in [1.54, 1.807) is 0 Å². The average Bonchev–Trinajstić information content (AvgIpc) is 3.15. The lowest BCUT2D eigenvalue weighted by molar-refractivity contribution is 1.10. The summed E-state index contributed by atoms with van der Waals surface area (Å²) >= 11 is 0. The van der Waals surface area contributed by atoms with E-state index in [0.717, 1.165) is 17.2 Å². The van der Waals surface area contributed by atoms with Crippen LogP contribution in [0.2, 0.25) is 0 Å². The van der Waals surface area contributed by atoms with Crippen LogP contribution in [0.1, 0.15) is 35.6 Å². The highest BCUT2D eigenvalue weighted by Crippen LogP contribution is 2.42. The van der Waals surface area contributed by atoms with Gasteiger partial charge in [0.2, 0.25) is 0 Å². The number of anilines is 1. The van der Waals surface area contributed by atoms with Crippen LogP contribution in [0.15, 0.2) is 24.5 Å². The molecule has 1 heterocycles. The molecule has 0 radical (unpaired) electrons. The second-order valence-corrected chi connectivity index (χ2v) is 5.07. The quantitative estimate of drug-likeness (QED) is 0.875. The van der Waals surface area contributed by atoms with Crippen LogP contribution in [0.3, 0.4) is 0 Å². The van der Waals surface area contributed by atoms with Gasteiger partial charge < -0.3 is 5.73 Å². The van der Waals surface area contributed by atoms with Crippen LogP contribution < -0.4 is 5.73 Å². The van der Waals surface area contributed by atoms with Gasteiger partial charge in [0.1, 0.15) is 12.1 Å². The third-order valence-electron chi connectivity index (χ3n) is 3.65. The largest absolute Gasteiger partial charge is 0.383 e. The molecule has 0 aliphatic heterocycles. The number of nitrogen functional groups attached to an aromatic ring is 1. The highest BCUT2D eigenvalue weighted by Gasteiger charge is 2.24. The number of benzene rings is 1. The molecule has 1 aliphatic carbocycles. The summed E-state index contributed by atoms with van der Waals surface area (Å²) in [5.74, 6) is 1.31. The van der Waals surface area contributed by atoms with Gasteiger partial charge in [0.15, 0.2) is 0 Å². The van der Waals surface area contributed by atoms with Gasteiger partial charge in [-0.05, 0) is 49.3 Å². The van der Waals surface area contributed by atoms with Crippen LogP contribution in [0.5, 0.6) is 0 Å². The summed E-state index contributed by atoms with van der Waals surface area (Å²) < 4.78 is 0. The summed E-state index contributed by atoms with van der Waals surface area (Å²) in [7, 11) is 0. The average molecular weight is 239 g/mol. The zero-order chi connectivity index (χ0) is 12.7. The van der Waals surface area contributed by atoms with Crippen LogP contribution in [0.4, 0.5) is 5.82 Å². The Balaban J connectivity index is 2.18. The first kappa shape index (κ1) is 11.2. The zero-order valence-corrected chi connectivity index (χ0v) is 10.8. The number of nitrogens with zero attached hydrogens (tertiary/aromatic N) is 2. The molecule has 1 fully saturated rings. The summed E-state index contributed by atoms with van der Waals surface area (Å²) in [6.45, 7) is 4.09. The van der Waals surface area contributed by atoms with E-state index < -0.39 is 0 Å². The van der Waals surface area contributed by atoms with E-state index in [9.17, 15) is 0 Å². The molecule has 0 amide bonds. The van der Waals surface area contributed by atoms with Gasteiger partial charge >= 0.3 is 0 Å². The highest BCUT2D eigenvalue weighted by atomic mass is 14.9. The number of aromatic nitrogens is 2. The molecular formula is C15H17N3. The van der Waals surface area contributed by atoms with Gasteiger partial charge in [0, 0.05) is 5.56 Å². The highest BCUT2D eigenvalue weighted by molar-refractivity contribution is 5.78. The molecule has 0 unspecified atom stereocenters. The minimum absolute atomic E-state index is 0.568. The van der Waals surface area contributed by atoms with Crippen molar-refractivity contribution in [1.82, 2.24) is 9.97 Å². The van der Waals surface area contributed by atoms with Crippen molar-refractivity contribution in [2.24, 2.45) is 0 Å². The molecule has 0 saturated heterocycles. The minimum atomic E-state index is 0.568. The molecule has 2 N–H and O–H groups in total. The Hall–Kier alpha value is -1.90. The van der Waals surface area contributed by atoms with Crippen molar-refractivity contribution < 1.29 is 0 Å². The lowest BCUT2D eigenvalue weighted by Gasteiger charge is -2.12. The maximum atomic E-state index is 6.01. The van der Waals surface area contributed by atoms with E-state index in [0.29, 0.717) is 5.82 Å². The normalized spacial score (nSPS) is 14.8. The minimum Gasteiger partial charge on any atom is -0.383 e. The van der Waals surface area contributed by atoms with Crippen LogP contribution in [-0.4, -0.2) is 9.97 Å². The fourth-order valence-corrected chi connectivity index (χ4v) is 2.40. The predicted molar refractivity (Wildman–Crippen MR) is 73.3 cm³/mol. The lowest BCUT2D eigenvalue weighted by Crippen LogP contribution is -2.00. The van der Waals surface area contributed by atoms with Gasteiger partial charge in [-0.25, -0.2) is 9.97 Å². The van der Waals surface area contributed by atoms with Gasteiger partial charge in [-0.3, -0.25) is 0 Å². The Morgan fingerprint density at radius 1 is 1.17 bits per heavy atom. The van der Waals surface area contributed by atoms with Gasteiger partial charge in [0.25, 0.3) is 0 Å². The van der Waals surface area contributed by atoms with Crippen molar-refractivity contribution in [3.63, 3.8) is 0 Å². The molecule has 18 heavy (non-hydrogen) atoms. The predicted octanol–water partition coefficient (Wildman–Crippen LogP) is 3.22. The molecule has 3 rings (SSSR count). The molecule has 2 aromatic rings. The van der Waals surface area contributed by atoms with Crippen molar-refractivity contribution >= 4 is 5.82 Å². The van der Waals surface area contributed by atoms with Gasteiger partial charge in [-0.15, -0.1) is 0 Å². The fraction of sp³-hybridized carbons (Fsp3) is 0.333. The topological polar surface area (TPSA) is 51.8 Å². The fourth-order valence-electron chi connectivity index (χ4n) is 2.40. The summed E-state index contributed by atoms with van der Waals surface area (Å²) in [5, 5.41) is 0. The van der Waals surface area contributed by atoms with Gasteiger partial charge in [-0.2, -0.15) is 0 Å². The maximum absolute atomic E-state index is 6.01. The third-order valence-corrected chi connectivity index (χ3v) is 3.65. The maximum Gasteiger partial charge on any atom is 0.134 e. The van der Waals surface area contributed by atoms with Crippen LogP contribution in [-0.2, 0) is 0 Å². The smallest absolute Gasteiger partial charge is 0.134 e. The second-order valence-electron chi connectivity index (χ2n) is 5.07. The Labute approximate surface area is 107 Å². The Morgan fingerprint density at radius 3 is 2.61 bits per heavy atom. The van der Waals surface area contributed by atoms with Gasteiger partial charge in [0.05, 0.1) is 5.69 Å². The molecule has 1 aromatic carbocycles. The number of hydrogen-bond acceptors (Lipinski definition) is 3. The summed E-state index contributed by atoms with van der Waals surface area (Å²) in [5.41, 5.74) is 11.8. The van der Waals surface area contributed by atoms with Gasteiger partial charge in [-0.1, -0.05) is 18.2 Å². The van der Waals surface area contributed by atoms with E-state index >= 15 is 0 Å². The first-order chi connectivity index (χ1) is 8.66. The summed E-state index contributed by atoms with van der Waals surface area (Å²) in [6, 6.07) is 6.66. The molecule has 1 saturated carbocycles. The standard InChI is InChI=1S/C15H17N3/c1-9-3-4-12(11-5-6-11)7-13(9)14-10(2)17-8-18-15(14)16/h3-4,7-8,11H,5-6H2,1-2H3,(H2,16,17,18). The Morgan fingerprint density at radius 2 is 1.94 bits per heavy atom. The molecule has 1 aliphatic rings. The first-order valence-electron chi connectivity index (χ1n) is 6.35. The third kappa shape index (κ3) is 1.86. The molecular weight excluding hydrogens is 222 g/mol. The second kappa shape index (κ2) is 4.09. The molecule has 3 nitrogen and oxygen atoms in total. The monoisotopic (exact) mass is 239 g/mol. The molecule has 92 valence electrons.